The largest absolute Gasteiger partial charge is 0.387 e. The lowest BCUT2D eigenvalue weighted by molar-refractivity contribution is -0.242. The summed E-state index contributed by atoms with van der Waals surface area (Å²) in [5.41, 5.74) is 0. The Balaban J connectivity index is 2.16. The van der Waals surface area contributed by atoms with Crippen LogP contribution in [-0.2, 0) is 9.47 Å². The van der Waals surface area contributed by atoms with Crippen LogP contribution >= 0.6 is 0 Å². The van der Waals surface area contributed by atoms with E-state index in [0.717, 1.165) is 0 Å². The van der Waals surface area contributed by atoms with Crippen LogP contribution in [-0.4, -0.2) is 52.6 Å². The standard InChI is InChI=1S/C6H10O5/c7-3-2-1-10-5(3)4(8)6(9)11-2/h2-9H,1H2/t2?,3-,4+,5+,6?/m1/s1. The second-order valence-electron chi connectivity index (χ2n) is 2.84. The zero-order chi connectivity index (χ0) is 8.01. The fourth-order valence-electron chi connectivity index (χ4n) is 1.46. The number of hydrogen-bond acceptors (Lipinski definition) is 5. The zero-order valence-electron chi connectivity index (χ0n) is 5.75. The first kappa shape index (κ1) is 7.45. The van der Waals surface area contributed by atoms with E-state index in [-0.39, 0.29) is 6.61 Å². The van der Waals surface area contributed by atoms with Crippen LogP contribution < -0.4 is 0 Å². The third-order valence-corrected chi connectivity index (χ3v) is 2.11. The smallest absolute Gasteiger partial charge is 0.184 e. The first-order chi connectivity index (χ1) is 5.20. The molecule has 5 nitrogen and oxygen atoms in total. The maximum atomic E-state index is 9.28. The minimum Gasteiger partial charge on any atom is -0.387 e. The highest BCUT2D eigenvalue weighted by Crippen LogP contribution is 2.28. The Kier molecular flexibility index (Phi) is 1.62. The van der Waals surface area contributed by atoms with Gasteiger partial charge in [-0.05, 0) is 0 Å². The third-order valence-electron chi connectivity index (χ3n) is 2.11. The van der Waals surface area contributed by atoms with Crippen molar-refractivity contribution in [3.63, 3.8) is 0 Å². The second-order valence-corrected chi connectivity index (χ2v) is 2.84. The fourth-order valence-corrected chi connectivity index (χ4v) is 1.46. The predicted octanol–water partition coefficient (Wildman–Crippen LogP) is -2.18. The predicted molar refractivity (Wildman–Crippen MR) is 32.6 cm³/mol. The molecular formula is C6H10O5. The summed E-state index contributed by atoms with van der Waals surface area (Å²) < 4.78 is 9.82. The lowest BCUT2D eigenvalue weighted by Crippen LogP contribution is -2.52. The van der Waals surface area contributed by atoms with Crippen LogP contribution in [0.5, 0.6) is 0 Å². The van der Waals surface area contributed by atoms with E-state index in [1.807, 2.05) is 0 Å². The molecule has 11 heavy (non-hydrogen) atoms. The summed E-state index contributed by atoms with van der Waals surface area (Å²) in [7, 11) is 0. The summed E-state index contributed by atoms with van der Waals surface area (Å²) in [4.78, 5) is 0. The summed E-state index contributed by atoms with van der Waals surface area (Å²) >= 11 is 0. The van der Waals surface area contributed by atoms with Gasteiger partial charge in [0.2, 0.25) is 0 Å². The molecule has 5 heteroatoms. The van der Waals surface area contributed by atoms with Crippen LogP contribution in [0.25, 0.3) is 0 Å². The Morgan fingerprint density at radius 1 is 1.09 bits per heavy atom. The van der Waals surface area contributed by atoms with Crippen LogP contribution in [0.1, 0.15) is 0 Å². The molecule has 2 bridgehead atoms. The van der Waals surface area contributed by atoms with Crippen molar-refractivity contribution < 1.29 is 24.8 Å². The molecule has 2 aliphatic heterocycles. The SMILES string of the molecule is OC1OC2CO[C@H]([C@@H]1O)[C@@H]2O. The molecule has 2 rings (SSSR count). The molecule has 2 saturated heterocycles. The molecule has 5 atom stereocenters. The first-order valence-corrected chi connectivity index (χ1v) is 3.51. The van der Waals surface area contributed by atoms with Gasteiger partial charge >= 0.3 is 0 Å². The van der Waals surface area contributed by atoms with Gasteiger partial charge in [-0.3, -0.25) is 0 Å². The molecule has 2 aliphatic rings. The minimum absolute atomic E-state index is 0.236. The molecule has 0 aromatic rings. The molecule has 0 aliphatic carbocycles. The Hall–Kier alpha value is -0.200. The third kappa shape index (κ3) is 0.969. The maximum Gasteiger partial charge on any atom is 0.184 e. The van der Waals surface area contributed by atoms with Gasteiger partial charge in [0.25, 0.3) is 0 Å². The van der Waals surface area contributed by atoms with Gasteiger partial charge in [-0.1, -0.05) is 0 Å². The van der Waals surface area contributed by atoms with Gasteiger partial charge in [-0.15, -0.1) is 0 Å². The van der Waals surface area contributed by atoms with Gasteiger partial charge in [-0.2, -0.15) is 0 Å². The molecule has 0 saturated carbocycles. The summed E-state index contributed by atoms with van der Waals surface area (Å²) in [6.07, 6.45) is -4.35. The Morgan fingerprint density at radius 2 is 1.82 bits per heavy atom. The number of aliphatic hydroxyl groups excluding tert-OH is 3. The van der Waals surface area contributed by atoms with E-state index in [0.29, 0.717) is 0 Å². The molecule has 3 N–H and O–H groups in total. The van der Waals surface area contributed by atoms with E-state index in [1.165, 1.54) is 0 Å². The van der Waals surface area contributed by atoms with E-state index >= 15 is 0 Å². The van der Waals surface area contributed by atoms with Gasteiger partial charge < -0.3 is 24.8 Å². The lowest BCUT2D eigenvalue weighted by Gasteiger charge is -2.31. The van der Waals surface area contributed by atoms with Crippen LogP contribution in [0.2, 0.25) is 0 Å². The van der Waals surface area contributed by atoms with Crippen LogP contribution in [0, 0.1) is 0 Å². The maximum absolute atomic E-state index is 9.28. The van der Waals surface area contributed by atoms with Gasteiger partial charge in [-0.25, -0.2) is 0 Å². The molecule has 2 fully saturated rings. The monoisotopic (exact) mass is 162 g/mol. The van der Waals surface area contributed by atoms with Crippen molar-refractivity contribution in [1.29, 1.82) is 0 Å². The highest BCUT2D eigenvalue weighted by molar-refractivity contribution is 4.94. The highest BCUT2D eigenvalue weighted by atomic mass is 16.7. The van der Waals surface area contributed by atoms with E-state index < -0.39 is 30.7 Å². The second kappa shape index (κ2) is 2.40. The number of ether oxygens (including phenoxy) is 2. The van der Waals surface area contributed by atoms with E-state index in [1.54, 1.807) is 0 Å². The van der Waals surface area contributed by atoms with E-state index in [4.69, 9.17) is 14.6 Å². The Morgan fingerprint density at radius 3 is 2.55 bits per heavy atom. The molecule has 0 aromatic carbocycles. The summed E-state index contributed by atoms with van der Waals surface area (Å²) in [5, 5.41) is 27.5. The molecule has 2 unspecified atom stereocenters. The molecule has 0 spiro atoms. The molecular weight excluding hydrogens is 152 g/mol. The van der Waals surface area contributed by atoms with Crippen molar-refractivity contribution in [2.75, 3.05) is 6.61 Å². The number of hydrogen-bond donors (Lipinski definition) is 3. The fraction of sp³-hybridized carbons (Fsp3) is 1.00. The average molecular weight is 162 g/mol. The normalized spacial score (nSPS) is 56.5. The number of aliphatic hydroxyl groups is 3. The van der Waals surface area contributed by atoms with Crippen molar-refractivity contribution in [3.05, 3.63) is 0 Å². The topological polar surface area (TPSA) is 79.2 Å². The number of rotatable bonds is 0. The van der Waals surface area contributed by atoms with Gasteiger partial charge in [0.15, 0.2) is 6.29 Å². The van der Waals surface area contributed by atoms with Gasteiger partial charge in [0, 0.05) is 0 Å². The minimum atomic E-state index is -1.23. The van der Waals surface area contributed by atoms with Crippen molar-refractivity contribution in [3.8, 4) is 0 Å². The Labute approximate surface area is 63.2 Å². The van der Waals surface area contributed by atoms with E-state index in [2.05, 4.69) is 0 Å². The van der Waals surface area contributed by atoms with Crippen LogP contribution in [0.3, 0.4) is 0 Å². The lowest BCUT2D eigenvalue weighted by atomic mass is 10.0. The average Bonchev–Trinajstić information content (AvgIpc) is 2.23. The molecule has 2 heterocycles. The van der Waals surface area contributed by atoms with Crippen molar-refractivity contribution in [2.45, 2.75) is 30.7 Å². The van der Waals surface area contributed by atoms with Crippen LogP contribution in [0.4, 0.5) is 0 Å². The number of fused-ring (bicyclic) bond motifs is 2. The molecule has 64 valence electrons. The van der Waals surface area contributed by atoms with Crippen molar-refractivity contribution in [2.24, 2.45) is 0 Å². The quantitative estimate of drug-likeness (QED) is 0.377. The summed E-state index contributed by atoms with van der Waals surface area (Å²) in [6.45, 7) is 0.236. The van der Waals surface area contributed by atoms with E-state index in [9.17, 15) is 10.2 Å². The zero-order valence-corrected chi connectivity index (χ0v) is 5.75. The highest BCUT2D eigenvalue weighted by Gasteiger charge is 2.49. The molecule has 0 amide bonds. The van der Waals surface area contributed by atoms with Crippen molar-refractivity contribution >= 4 is 0 Å². The van der Waals surface area contributed by atoms with Gasteiger partial charge in [0.05, 0.1) is 6.61 Å². The summed E-state index contributed by atoms with van der Waals surface area (Å²) in [6, 6.07) is 0. The van der Waals surface area contributed by atoms with Gasteiger partial charge in [0.1, 0.15) is 24.4 Å². The van der Waals surface area contributed by atoms with Crippen LogP contribution in [0.15, 0.2) is 0 Å². The summed E-state index contributed by atoms with van der Waals surface area (Å²) in [5.74, 6) is 0. The first-order valence-electron chi connectivity index (χ1n) is 3.51. The Bertz CT molecular complexity index is 161. The van der Waals surface area contributed by atoms with Crippen molar-refractivity contribution in [1.82, 2.24) is 0 Å². The molecule has 0 aromatic heterocycles. The molecule has 0 radical (unpaired) electrons.